The van der Waals surface area contributed by atoms with Gasteiger partial charge in [0.25, 0.3) is 5.56 Å². The molecule has 0 aliphatic rings. The first kappa shape index (κ1) is 23.6. The molecule has 0 saturated carbocycles. The predicted molar refractivity (Wildman–Crippen MR) is 120 cm³/mol. The van der Waals surface area contributed by atoms with Crippen LogP contribution in [0.4, 0.5) is 5.95 Å². The fourth-order valence-electron chi connectivity index (χ4n) is 3.19. The zero-order valence-corrected chi connectivity index (χ0v) is 18.9. The molecule has 0 amide bonds. The Kier molecular flexibility index (Phi) is 7.79. The molecule has 0 fully saturated rings. The lowest BCUT2D eigenvalue weighted by atomic mass is 10.2. The van der Waals surface area contributed by atoms with Gasteiger partial charge in [0, 0.05) is 12.7 Å². The SMILES string of the molecule is CCOC(=O)[C@H](C)NP(=O)(COCCn1cnc2c(=O)[nH]c(N)nc21)Cc1ccccc1. The van der Waals surface area contributed by atoms with Gasteiger partial charge in [-0.15, -0.1) is 0 Å². The van der Waals surface area contributed by atoms with Gasteiger partial charge >= 0.3 is 5.97 Å². The van der Waals surface area contributed by atoms with E-state index < -0.39 is 24.9 Å². The van der Waals surface area contributed by atoms with Crippen molar-refractivity contribution in [3.8, 4) is 0 Å². The maximum Gasteiger partial charge on any atom is 0.323 e. The van der Waals surface area contributed by atoms with Crippen LogP contribution in [0.3, 0.4) is 0 Å². The minimum atomic E-state index is -3.13. The third-order valence-corrected chi connectivity index (χ3v) is 6.95. The minimum Gasteiger partial charge on any atom is -0.465 e. The first-order chi connectivity index (χ1) is 15.3. The van der Waals surface area contributed by atoms with Gasteiger partial charge in [0.2, 0.25) is 5.95 Å². The van der Waals surface area contributed by atoms with Gasteiger partial charge in [0.1, 0.15) is 12.4 Å². The Labute approximate surface area is 184 Å². The third kappa shape index (κ3) is 6.03. The van der Waals surface area contributed by atoms with Crippen LogP contribution < -0.4 is 16.4 Å². The molecule has 32 heavy (non-hydrogen) atoms. The number of rotatable bonds is 11. The molecule has 1 unspecified atom stereocenters. The topological polar surface area (TPSA) is 154 Å². The van der Waals surface area contributed by atoms with Crippen molar-refractivity contribution in [1.82, 2.24) is 24.6 Å². The standard InChI is InChI=1S/C20H27N6O5P/c1-3-31-19(28)14(2)25-32(29,11-15-7-5-4-6-8-15)13-30-10-9-26-12-22-16-17(26)23-20(21)24-18(16)27/h4-8,12,14H,3,9-11,13H2,1-2H3,(H,25,29)(H3,21,23,24,27)/t14-,32?/m0/s1. The molecule has 0 aliphatic carbocycles. The van der Waals surface area contributed by atoms with Crippen LogP contribution in [0.15, 0.2) is 41.5 Å². The Balaban J connectivity index is 1.66. The highest BCUT2D eigenvalue weighted by Crippen LogP contribution is 2.45. The number of nitrogens with one attached hydrogen (secondary N) is 2. The van der Waals surface area contributed by atoms with Crippen LogP contribution in [0.5, 0.6) is 0 Å². The van der Waals surface area contributed by atoms with Crippen LogP contribution in [0.1, 0.15) is 19.4 Å². The number of nitrogen functional groups attached to an aromatic ring is 1. The molecule has 2 heterocycles. The summed E-state index contributed by atoms with van der Waals surface area (Å²) >= 11 is 0. The lowest BCUT2D eigenvalue weighted by Gasteiger charge is -2.23. The molecule has 2 atom stereocenters. The summed E-state index contributed by atoms with van der Waals surface area (Å²) < 4.78 is 26.0. The van der Waals surface area contributed by atoms with Crippen LogP contribution in [0, 0.1) is 0 Å². The molecule has 12 heteroatoms. The highest BCUT2D eigenvalue weighted by Gasteiger charge is 2.28. The van der Waals surface area contributed by atoms with Crippen molar-refractivity contribution >= 4 is 30.4 Å². The average Bonchev–Trinajstić information content (AvgIpc) is 3.15. The van der Waals surface area contributed by atoms with Gasteiger partial charge in [0.05, 0.1) is 19.5 Å². The average molecular weight is 462 g/mol. The van der Waals surface area contributed by atoms with E-state index in [4.69, 9.17) is 15.2 Å². The highest BCUT2D eigenvalue weighted by atomic mass is 31.2. The Morgan fingerprint density at radius 1 is 1.34 bits per heavy atom. The summed E-state index contributed by atoms with van der Waals surface area (Å²) in [7, 11) is -3.13. The number of imidazole rings is 1. The number of carbonyl (C=O) groups is 1. The molecule has 3 aromatic rings. The number of aromatic nitrogens is 4. The number of nitrogens with zero attached hydrogens (tertiary/aromatic N) is 3. The molecular formula is C20H27N6O5P. The fourth-order valence-corrected chi connectivity index (χ4v) is 5.48. The van der Waals surface area contributed by atoms with Gasteiger partial charge in [-0.1, -0.05) is 30.3 Å². The first-order valence-corrected chi connectivity index (χ1v) is 12.2. The molecule has 0 spiro atoms. The molecule has 0 aliphatic heterocycles. The van der Waals surface area contributed by atoms with Crippen molar-refractivity contribution in [3.63, 3.8) is 0 Å². The van der Waals surface area contributed by atoms with E-state index in [1.807, 2.05) is 30.3 Å². The number of aromatic amines is 1. The van der Waals surface area contributed by atoms with E-state index in [0.29, 0.717) is 12.2 Å². The molecule has 3 rings (SSSR count). The van der Waals surface area contributed by atoms with Crippen LogP contribution in [-0.2, 0) is 31.5 Å². The lowest BCUT2D eigenvalue weighted by molar-refractivity contribution is -0.144. The lowest BCUT2D eigenvalue weighted by Crippen LogP contribution is -2.34. The molecule has 0 saturated heterocycles. The van der Waals surface area contributed by atoms with Crippen LogP contribution in [-0.4, -0.2) is 51.1 Å². The summed E-state index contributed by atoms with van der Waals surface area (Å²) in [6.45, 7) is 4.08. The van der Waals surface area contributed by atoms with Crippen LogP contribution in [0.25, 0.3) is 11.2 Å². The van der Waals surface area contributed by atoms with E-state index in [0.717, 1.165) is 5.56 Å². The smallest absolute Gasteiger partial charge is 0.323 e. The second kappa shape index (κ2) is 10.5. The van der Waals surface area contributed by atoms with E-state index >= 15 is 0 Å². The Morgan fingerprint density at radius 2 is 2.09 bits per heavy atom. The predicted octanol–water partition coefficient (Wildman–Crippen LogP) is 1.70. The molecule has 0 radical (unpaired) electrons. The summed E-state index contributed by atoms with van der Waals surface area (Å²) in [6.07, 6.45) is 1.60. The molecule has 0 bridgehead atoms. The Bertz CT molecular complexity index is 1160. The molecule has 11 nitrogen and oxygen atoms in total. The van der Waals surface area contributed by atoms with Gasteiger partial charge in [-0.25, -0.2) is 4.98 Å². The van der Waals surface area contributed by atoms with Gasteiger partial charge in [0.15, 0.2) is 18.5 Å². The van der Waals surface area contributed by atoms with Crippen molar-refractivity contribution in [2.75, 3.05) is 25.3 Å². The Morgan fingerprint density at radius 3 is 2.81 bits per heavy atom. The quantitative estimate of drug-likeness (QED) is 0.219. The molecule has 172 valence electrons. The van der Waals surface area contributed by atoms with E-state index in [1.54, 1.807) is 18.4 Å². The second-order valence-corrected chi connectivity index (χ2v) is 9.85. The summed E-state index contributed by atoms with van der Waals surface area (Å²) in [5, 5.41) is 2.93. The first-order valence-electron chi connectivity index (χ1n) is 10.2. The number of esters is 1. The van der Waals surface area contributed by atoms with E-state index in [2.05, 4.69) is 20.0 Å². The molecular weight excluding hydrogens is 435 g/mol. The number of anilines is 1. The van der Waals surface area contributed by atoms with Crippen molar-refractivity contribution in [3.05, 3.63) is 52.6 Å². The van der Waals surface area contributed by atoms with Gasteiger partial charge in [-0.2, -0.15) is 4.98 Å². The summed E-state index contributed by atoms with van der Waals surface area (Å²) in [6, 6.07) is 8.59. The fraction of sp³-hybridized carbons (Fsp3) is 0.400. The van der Waals surface area contributed by atoms with Gasteiger partial charge in [-0.3, -0.25) is 19.7 Å². The van der Waals surface area contributed by atoms with Gasteiger partial charge < -0.3 is 24.3 Å². The van der Waals surface area contributed by atoms with Crippen LogP contribution >= 0.6 is 7.29 Å². The van der Waals surface area contributed by atoms with Crippen molar-refractivity contribution in [1.29, 1.82) is 0 Å². The zero-order valence-electron chi connectivity index (χ0n) is 18.0. The van der Waals surface area contributed by atoms with E-state index in [1.165, 1.54) is 6.33 Å². The van der Waals surface area contributed by atoms with Crippen molar-refractivity contribution in [2.45, 2.75) is 32.6 Å². The maximum absolute atomic E-state index is 13.6. The Hall–Kier alpha value is -3.01. The number of benzene rings is 1. The summed E-state index contributed by atoms with van der Waals surface area (Å²) in [5.41, 5.74) is 6.58. The summed E-state index contributed by atoms with van der Waals surface area (Å²) in [4.78, 5) is 34.5. The number of fused-ring (bicyclic) bond motifs is 1. The second-order valence-electron chi connectivity index (χ2n) is 7.23. The van der Waals surface area contributed by atoms with Crippen LogP contribution in [0.2, 0.25) is 0 Å². The number of ether oxygens (including phenoxy) is 2. The minimum absolute atomic E-state index is 0.00492. The number of hydrogen-bond donors (Lipinski definition) is 3. The molecule has 2 aromatic heterocycles. The third-order valence-electron chi connectivity index (χ3n) is 4.62. The largest absolute Gasteiger partial charge is 0.465 e. The highest BCUT2D eigenvalue weighted by molar-refractivity contribution is 7.60. The monoisotopic (exact) mass is 462 g/mol. The molecule has 1 aromatic carbocycles. The number of carbonyl (C=O) groups excluding carboxylic acids is 1. The number of hydrogen-bond acceptors (Lipinski definition) is 8. The zero-order chi connectivity index (χ0) is 23.1. The number of H-pyrrole nitrogens is 1. The number of nitrogens with two attached hydrogens (primary N) is 1. The van der Waals surface area contributed by atoms with E-state index in [-0.39, 0.29) is 37.2 Å². The summed E-state index contributed by atoms with van der Waals surface area (Å²) in [5.74, 6) is -0.478. The van der Waals surface area contributed by atoms with E-state index in [9.17, 15) is 14.2 Å². The molecule has 4 N–H and O–H groups in total. The van der Waals surface area contributed by atoms with Gasteiger partial charge in [-0.05, 0) is 19.4 Å². The van der Waals surface area contributed by atoms with Crippen molar-refractivity contribution in [2.24, 2.45) is 0 Å². The normalized spacial score (nSPS) is 14.2. The maximum atomic E-state index is 13.6. The van der Waals surface area contributed by atoms with Crippen molar-refractivity contribution < 1.29 is 18.8 Å².